The minimum absolute atomic E-state index is 0.0619. The van der Waals surface area contributed by atoms with Gasteiger partial charge in [-0.25, -0.2) is 22.7 Å². The lowest BCUT2D eigenvalue weighted by atomic mass is 10.1. The molecule has 0 spiro atoms. The van der Waals surface area contributed by atoms with Crippen molar-refractivity contribution in [2.45, 2.75) is 10.9 Å². The Kier molecular flexibility index (Phi) is 7.30. The number of nitrogens with one attached hydrogen (secondary N) is 1. The van der Waals surface area contributed by atoms with Gasteiger partial charge in [0.1, 0.15) is 0 Å². The molecule has 0 aliphatic carbocycles. The SMILES string of the molecule is COC(=O)c1cc(C(=O)OC)cc(S(=O)(=O)NCC(c2cccs2)N(C)C)c1. The summed E-state index contributed by atoms with van der Waals surface area (Å²) in [5, 5.41) is 1.92. The van der Waals surface area contributed by atoms with Crippen molar-refractivity contribution in [1.82, 2.24) is 9.62 Å². The predicted octanol–water partition coefficient (Wildman–Crippen LogP) is 1.90. The number of thiophene rings is 1. The first-order chi connectivity index (χ1) is 13.2. The van der Waals surface area contributed by atoms with Gasteiger partial charge in [0.05, 0.1) is 36.3 Å². The highest BCUT2D eigenvalue weighted by atomic mass is 32.2. The number of carbonyl (C=O) groups is 2. The van der Waals surface area contributed by atoms with Crippen LogP contribution in [-0.2, 0) is 19.5 Å². The Labute approximate surface area is 168 Å². The van der Waals surface area contributed by atoms with Crippen molar-refractivity contribution in [3.63, 3.8) is 0 Å². The molecule has 0 aliphatic heterocycles. The second-order valence-electron chi connectivity index (χ2n) is 6.08. The van der Waals surface area contributed by atoms with Gasteiger partial charge in [-0.2, -0.15) is 0 Å². The minimum Gasteiger partial charge on any atom is -0.465 e. The summed E-state index contributed by atoms with van der Waals surface area (Å²) in [4.78, 5) is 26.4. The zero-order valence-electron chi connectivity index (χ0n) is 16.0. The third-order valence-corrected chi connectivity index (χ3v) is 6.40. The summed E-state index contributed by atoms with van der Waals surface area (Å²) in [5.41, 5.74) is -0.124. The van der Waals surface area contributed by atoms with Crippen LogP contribution >= 0.6 is 11.3 Å². The van der Waals surface area contributed by atoms with Gasteiger partial charge in [-0.15, -0.1) is 11.3 Å². The Hall–Kier alpha value is -2.27. The molecular weight excluding hydrogens is 404 g/mol. The Morgan fingerprint density at radius 2 is 1.68 bits per heavy atom. The molecule has 0 bridgehead atoms. The molecule has 1 unspecified atom stereocenters. The molecule has 1 atom stereocenters. The number of carbonyl (C=O) groups excluding carboxylic acids is 2. The molecule has 1 heterocycles. The van der Waals surface area contributed by atoms with E-state index in [1.54, 1.807) is 0 Å². The molecule has 28 heavy (non-hydrogen) atoms. The summed E-state index contributed by atoms with van der Waals surface area (Å²) in [6.45, 7) is 0.117. The Morgan fingerprint density at radius 3 is 2.11 bits per heavy atom. The standard InChI is InChI=1S/C18H22N2O6S2/c1-20(2)15(16-6-5-7-27-16)11-19-28(23,24)14-9-12(17(21)25-3)8-13(10-14)18(22)26-4/h5-10,15,19H,11H2,1-4H3. The average Bonchev–Trinajstić information content (AvgIpc) is 3.20. The minimum atomic E-state index is -4.00. The van der Waals surface area contributed by atoms with E-state index in [9.17, 15) is 18.0 Å². The van der Waals surface area contributed by atoms with E-state index in [0.717, 1.165) is 17.0 Å². The Morgan fingerprint density at radius 1 is 1.11 bits per heavy atom. The van der Waals surface area contributed by atoms with Gasteiger partial charge in [-0.3, -0.25) is 0 Å². The lowest BCUT2D eigenvalue weighted by Crippen LogP contribution is -2.34. The van der Waals surface area contributed by atoms with E-state index in [-0.39, 0.29) is 28.6 Å². The van der Waals surface area contributed by atoms with Crippen LogP contribution in [0.3, 0.4) is 0 Å². The molecule has 0 radical (unpaired) electrons. The van der Waals surface area contributed by atoms with Crippen molar-refractivity contribution >= 4 is 33.3 Å². The maximum absolute atomic E-state index is 12.8. The zero-order chi connectivity index (χ0) is 20.9. The number of likely N-dealkylation sites (N-methyl/N-ethyl adjacent to an activating group) is 1. The van der Waals surface area contributed by atoms with Crippen LogP contribution in [0, 0.1) is 0 Å². The smallest absolute Gasteiger partial charge is 0.337 e. The van der Waals surface area contributed by atoms with Crippen molar-refractivity contribution in [2.24, 2.45) is 0 Å². The average molecular weight is 427 g/mol. The summed E-state index contributed by atoms with van der Waals surface area (Å²) in [6, 6.07) is 7.21. The summed E-state index contributed by atoms with van der Waals surface area (Å²) < 4.78 is 37.5. The monoisotopic (exact) mass is 426 g/mol. The molecule has 1 aromatic carbocycles. The number of esters is 2. The number of hydrogen-bond acceptors (Lipinski definition) is 8. The van der Waals surface area contributed by atoms with Gasteiger partial charge in [0.25, 0.3) is 0 Å². The van der Waals surface area contributed by atoms with E-state index >= 15 is 0 Å². The summed E-state index contributed by atoms with van der Waals surface area (Å²) in [6.07, 6.45) is 0. The molecule has 0 amide bonds. The Balaban J connectivity index is 2.35. The number of hydrogen-bond donors (Lipinski definition) is 1. The first-order valence-corrected chi connectivity index (χ1v) is 10.6. The summed E-state index contributed by atoms with van der Waals surface area (Å²) >= 11 is 1.53. The van der Waals surface area contributed by atoms with Crippen LogP contribution in [0.25, 0.3) is 0 Å². The van der Waals surface area contributed by atoms with Crippen molar-refractivity contribution in [2.75, 3.05) is 34.9 Å². The lowest BCUT2D eigenvalue weighted by molar-refractivity contribution is 0.0598. The maximum Gasteiger partial charge on any atom is 0.337 e. The highest BCUT2D eigenvalue weighted by molar-refractivity contribution is 7.89. The van der Waals surface area contributed by atoms with Gasteiger partial charge in [-0.1, -0.05) is 6.07 Å². The first-order valence-electron chi connectivity index (χ1n) is 8.20. The number of sulfonamides is 1. The maximum atomic E-state index is 12.8. The van der Waals surface area contributed by atoms with E-state index in [4.69, 9.17) is 0 Å². The number of ether oxygens (including phenoxy) is 2. The van der Waals surface area contributed by atoms with Crippen molar-refractivity contribution < 1.29 is 27.5 Å². The number of rotatable bonds is 8. The molecule has 1 aromatic heterocycles. The fourth-order valence-electron chi connectivity index (χ4n) is 2.52. The molecule has 2 rings (SSSR count). The number of benzene rings is 1. The van der Waals surface area contributed by atoms with E-state index in [0.29, 0.717) is 0 Å². The van der Waals surface area contributed by atoms with Gasteiger partial charge in [0, 0.05) is 11.4 Å². The van der Waals surface area contributed by atoms with E-state index in [1.165, 1.54) is 31.6 Å². The van der Waals surface area contributed by atoms with Crippen LogP contribution in [0.1, 0.15) is 31.6 Å². The van der Waals surface area contributed by atoms with Gasteiger partial charge in [0.2, 0.25) is 10.0 Å². The van der Waals surface area contributed by atoms with Crippen molar-refractivity contribution in [3.8, 4) is 0 Å². The van der Waals surface area contributed by atoms with Crippen molar-refractivity contribution in [1.29, 1.82) is 0 Å². The molecule has 10 heteroatoms. The second kappa shape index (κ2) is 9.28. The van der Waals surface area contributed by atoms with Crippen LogP contribution in [-0.4, -0.2) is 60.1 Å². The largest absolute Gasteiger partial charge is 0.465 e. The molecule has 0 saturated carbocycles. The molecule has 0 aliphatic rings. The molecule has 8 nitrogen and oxygen atoms in total. The number of methoxy groups -OCH3 is 2. The fourth-order valence-corrected chi connectivity index (χ4v) is 4.55. The topological polar surface area (TPSA) is 102 Å². The normalized spacial score (nSPS) is 12.6. The van der Waals surface area contributed by atoms with Crippen LogP contribution < -0.4 is 4.72 Å². The highest BCUT2D eigenvalue weighted by Crippen LogP contribution is 2.23. The summed E-state index contributed by atoms with van der Waals surface area (Å²) in [5.74, 6) is -1.51. The third-order valence-electron chi connectivity index (χ3n) is 4.02. The van der Waals surface area contributed by atoms with Crippen LogP contribution in [0.5, 0.6) is 0 Å². The number of nitrogens with zero attached hydrogens (tertiary/aromatic N) is 1. The van der Waals surface area contributed by atoms with Gasteiger partial charge >= 0.3 is 11.9 Å². The molecule has 2 aromatic rings. The van der Waals surface area contributed by atoms with Crippen LogP contribution in [0.4, 0.5) is 0 Å². The Bertz CT molecular complexity index is 905. The van der Waals surface area contributed by atoms with Crippen LogP contribution in [0.15, 0.2) is 40.6 Å². The predicted molar refractivity (Wildman–Crippen MR) is 105 cm³/mol. The quantitative estimate of drug-likeness (QED) is 0.643. The van der Waals surface area contributed by atoms with E-state index < -0.39 is 22.0 Å². The van der Waals surface area contributed by atoms with Crippen molar-refractivity contribution in [3.05, 3.63) is 51.7 Å². The van der Waals surface area contributed by atoms with Gasteiger partial charge in [0.15, 0.2) is 0 Å². The molecule has 0 fully saturated rings. The fraction of sp³-hybridized carbons (Fsp3) is 0.333. The van der Waals surface area contributed by atoms with E-state index in [2.05, 4.69) is 14.2 Å². The molecule has 1 N–H and O–H groups in total. The lowest BCUT2D eigenvalue weighted by Gasteiger charge is -2.23. The molecule has 0 saturated heterocycles. The first kappa shape index (κ1) is 22.0. The second-order valence-corrected chi connectivity index (χ2v) is 8.82. The van der Waals surface area contributed by atoms with Gasteiger partial charge < -0.3 is 14.4 Å². The molecule has 152 valence electrons. The highest BCUT2D eigenvalue weighted by Gasteiger charge is 2.23. The molecular formula is C18H22N2O6S2. The summed E-state index contributed by atoms with van der Waals surface area (Å²) in [7, 11) is 2.05. The van der Waals surface area contributed by atoms with E-state index in [1.807, 2.05) is 36.5 Å². The zero-order valence-corrected chi connectivity index (χ0v) is 17.6. The van der Waals surface area contributed by atoms with Crippen LogP contribution in [0.2, 0.25) is 0 Å². The van der Waals surface area contributed by atoms with Gasteiger partial charge in [-0.05, 0) is 43.7 Å². The third kappa shape index (κ3) is 5.16.